The van der Waals surface area contributed by atoms with E-state index in [1.165, 1.54) is 0 Å². The maximum atomic E-state index is 4.42. The van der Waals surface area contributed by atoms with Crippen molar-refractivity contribution in [2.24, 2.45) is 0 Å². The van der Waals surface area contributed by atoms with Gasteiger partial charge in [-0.25, -0.2) is 15.0 Å². The lowest BCUT2D eigenvalue weighted by Crippen LogP contribution is -2.05. The first-order valence-corrected chi connectivity index (χ1v) is 6.69. The Bertz CT molecular complexity index is 664. The highest BCUT2D eigenvalue weighted by molar-refractivity contribution is 5.71. The number of unbranched alkanes of at least 4 members (excludes halogenated alkanes) is 1. The van der Waals surface area contributed by atoms with Crippen LogP contribution in [0.4, 0.5) is 5.82 Å². The second-order valence-electron chi connectivity index (χ2n) is 4.53. The molecule has 20 heavy (non-hydrogen) atoms. The number of anilines is 1. The van der Waals surface area contributed by atoms with Gasteiger partial charge in [0, 0.05) is 37.9 Å². The summed E-state index contributed by atoms with van der Waals surface area (Å²) in [4.78, 5) is 16.8. The molecule has 3 aromatic heterocycles. The number of hydrogen-bond donors (Lipinski definition) is 1. The lowest BCUT2D eigenvalue weighted by atomic mass is 10.3. The van der Waals surface area contributed by atoms with Gasteiger partial charge in [0.15, 0.2) is 5.65 Å². The van der Waals surface area contributed by atoms with E-state index >= 15 is 0 Å². The number of fused-ring (bicyclic) bond motifs is 1. The quantitative estimate of drug-likeness (QED) is 0.693. The Morgan fingerprint density at radius 3 is 2.90 bits per heavy atom. The molecule has 3 heterocycles. The Morgan fingerprint density at radius 2 is 2.00 bits per heavy atom. The zero-order valence-corrected chi connectivity index (χ0v) is 11.1. The molecular weight excluding hydrogens is 252 g/mol. The van der Waals surface area contributed by atoms with E-state index in [1.807, 2.05) is 24.7 Å². The summed E-state index contributed by atoms with van der Waals surface area (Å²) in [6, 6.07) is 3.87. The highest BCUT2D eigenvalue weighted by Crippen LogP contribution is 2.10. The molecule has 0 spiro atoms. The first-order chi connectivity index (χ1) is 9.92. The number of rotatable bonds is 6. The monoisotopic (exact) mass is 268 g/mol. The Hall–Kier alpha value is -2.50. The summed E-state index contributed by atoms with van der Waals surface area (Å²) in [6.07, 6.45) is 11.2. The Balaban J connectivity index is 1.47. The van der Waals surface area contributed by atoms with E-state index in [-0.39, 0.29) is 0 Å². The average molecular weight is 268 g/mol. The zero-order chi connectivity index (χ0) is 13.6. The molecule has 3 aromatic rings. The van der Waals surface area contributed by atoms with Gasteiger partial charge in [-0.15, -0.1) is 0 Å². The lowest BCUT2D eigenvalue weighted by molar-refractivity contribution is 0.621. The smallest absolute Gasteiger partial charge is 0.180 e. The molecular formula is C14H16N6. The number of aryl methyl sites for hydroxylation is 1. The molecule has 102 valence electrons. The van der Waals surface area contributed by atoms with Crippen LogP contribution in [-0.4, -0.2) is 31.0 Å². The van der Waals surface area contributed by atoms with E-state index < -0.39 is 0 Å². The third-order valence-corrected chi connectivity index (χ3v) is 3.04. The SMILES string of the molecule is c1cn(CCCCNc2ccc3nccnc3n2)cn1. The van der Waals surface area contributed by atoms with Crippen LogP contribution in [0.2, 0.25) is 0 Å². The van der Waals surface area contributed by atoms with Crippen molar-refractivity contribution in [3.05, 3.63) is 43.2 Å². The van der Waals surface area contributed by atoms with E-state index in [9.17, 15) is 0 Å². The molecule has 6 heteroatoms. The summed E-state index contributed by atoms with van der Waals surface area (Å²) < 4.78 is 2.09. The van der Waals surface area contributed by atoms with E-state index in [2.05, 4.69) is 29.8 Å². The number of imidazole rings is 1. The van der Waals surface area contributed by atoms with Gasteiger partial charge in [-0.2, -0.15) is 0 Å². The van der Waals surface area contributed by atoms with Gasteiger partial charge in [0.1, 0.15) is 11.3 Å². The molecule has 0 bridgehead atoms. The van der Waals surface area contributed by atoms with Gasteiger partial charge in [0.05, 0.1) is 6.33 Å². The minimum absolute atomic E-state index is 0.677. The minimum Gasteiger partial charge on any atom is -0.370 e. The van der Waals surface area contributed by atoms with Crippen molar-refractivity contribution in [2.45, 2.75) is 19.4 Å². The molecule has 0 amide bonds. The molecule has 0 unspecified atom stereocenters. The molecule has 0 saturated carbocycles. The van der Waals surface area contributed by atoms with Gasteiger partial charge in [0.25, 0.3) is 0 Å². The molecule has 0 atom stereocenters. The summed E-state index contributed by atoms with van der Waals surface area (Å²) in [6.45, 7) is 1.89. The number of aromatic nitrogens is 5. The van der Waals surface area contributed by atoms with Crippen molar-refractivity contribution in [2.75, 3.05) is 11.9 Å². The lowest BCUT2D eigenvalue weighted by Gasteiger charge is -2.06. The number of nitrogens with zero attached hydrogens (tertiary/aromatic N) is 5. The van der Waals surface area contributed by atoms with Crippen molar-refractivity contribution in [3.8, 4) is 0 Å². The fourth-order valence-electron chi connectivity index (χ4n) is 2.01. The topological polar surface area (TPSA) is 68.5 Å². The molecule has 0 aliphatic carbocycles. The fraction of sp³-hybridized carbons (Fsp3) is 0.286. The summed E-state index contributed by atoms with van der Waals surface area (Å²) in [5, 5.41) is 3.31. The van der Waals surface area contributed by atoms with Crippen molar-refractivity contribution in [1.82, 2.24) is 24.5 Å². The van der Waals surface area contributed by atoms with Gasteiger partial charge < -0.3 is 9.88 Å². The molecule has 3 rings (SSSR count). The van der Waals surface area contributed by atoms with Gasteiger partial charge >= 0.3 is 0 Å². The van der Waals surface area contributed by atoms with Crippen LogP contribution in [0.5, 0.6) is 0 Å². The highest BCUT2D eigenvalue weighted by atomic mass is 15.0. The summed E-state index contributed by atoms with van der Waals surface area (Å²) in [7, 11) is 0. The van der Waals surface area contributed by atoms with Gasteiger partial charge in [-0.3, -0.25) is 4.98 Å². The maximum Gasteiger partial charge on any atom is 0.180 e. The van der Waals surface area contributed by atoms with Crippen LogP contribution < -0.4 is 5.32 Å². The predicted molar refractivity (Wildman–Crippen MR) is 77.3 cm³/mol. The van der Waals surface area contributed by atoms with Crippen molar-refractivity contribution in [1.29, 1.82) is 0 Å². The number of pyridine rings is 1. The molecule has 0 aromatic carbocycles. The van der Waals surface area contributed by atoms with Crippen molar-refractivity contribution < 1.29 is 0 Å². The molecule has 6 nitrogen and oxygen atoms in total. The van der Waals surface area contributed by atoms with Crippen LogP contribution >= 0.6 is 0 Å². The number of nitrogens with one attached hydrogen (secondary N) is 1. The number of hydrogen-bond acceptors (Lipinski definition) is 5. The highest BCUT2D eigenvalue weighted by Gasteiger charge is 1.99. The Morgan fingerprint density at radius 1 is 1.05 bits per heavy atom. The van der Waals surface area contributed by atoms with Crippen molar-refractivity contribution >= 4 is 17.0 Å². The Labute approximate surface area is 116 Å². The summed E-state index contributed by atoms with van der Waals surface area (Å²) in [5.41, 5.74) is 1.49. The van der Waals surface area contributed by atoms with Crippen LogP contribution in [0.25, 0.3) is 11.2 Å². The molecule has 0 aliphatic rings. The van der Waals surface area contributed by atoms with Crippen LogP contribution in [0.15, 0.2) is 43.2 Å². The molecule has 0 saturated heterocycles. The molecule has 0 radical (unpaired) electrons. The molecule has 0 aliphatic heterocycles. The van der Waals surface area contributed by atoms with Crippen LogP contribution in [0.1, 0.15) is 12.8 Å². The molecule has 0 fully saturated rings. The third-order valence-electron chi connectivity index (χ3n) is 3.04. The van der Waals surface area contributed by atoms with E-state index in [4.69, 9.17) is 0 Å². The van der Waals surface area contributed by atoms with E-state index in [1.54, 1.807) is 18.6 Å². The average Bonchev–Trinajstić information content (AvgIpc) is 3.00. The predicted octanol–water partition coefficient (Wildman–Crippen LogP) is 2.11. The fourth-order valence-corrected chi connectivity index (χ4v) is 2.01. The van der Waals surface area contributed by atoms with Crippen molar-refractivity contribution in [3.63, 3.8) is 0 Å². The summed E-state index contributed by atoms with van der Waals surface area (Å²) in [5.74, 6) is 0.848. The second-order valence-corrected chi connectivity index (χ2v) is 4.53. The maximum absolute atomic E-state index is 4.42. The van der Waals surface area contributed by atoms with Crippen LogP contribution in [-0.2, 0) is 6.54 Å². The van der Waals surface area contributed by atoms with Crippen LogP contribution in [0.3, 0.4) is 0 Å². The Kier molecular flexibility index (Phi) is 3.82. The van der Waals surface area contributed by atoms with E-state index in [0.29, 0.717) is 5.65 Å². The second kappa shape index (κ2) is 6.10. The van der Waals surface area contributed by atoms with Gasteiger partial charge in [-0.1, -0.05) is 0 Å². The standard InChI is InChI=1S/C14H16N6/c1(2-9-20-10-8-15-11-20)5-17-13-4-3-12-14(19-13)18-7-6-16-12/h3-4,6-8,10-11H,1-2,5,9H2,(H,17,18,19). The minimum atomic E-state index is 0.677. The van der Waals surface area contributed by atoms with Gasteiger partial charge in [-0.05, 0) is 25.0 Å². The summed E-state index contributed by atoms with van der Waals surface area (Å²) >= 11 is 0. The zero-order valence-electron chi connectivity index (χ0n) is 11.1. The first-order valence-electron chi connectivity index (χ1n) is 6.69. The normalized spacial score (nSPS) is 10.8. The van der Waals surface area contributed by atoms with Crippen LogP contribution in [0, 0.1) is 0 Å². The molecule has 1 N–H and O–H groups in total. The third kappa shape index (κ3) is 3.09. The largest absolute Gasteiger partial charge is 0.370 e. The van der Waals surface area contributed by atoms with E-state index in [0.717, 1.165) is 37.3 Å². The first kappa shape index (κ1) is 12.5. The van der Waals surface area contributed by atoms with Gasteiger partial charge in [0.2, 0.25) is 0 Å².